The highest BCUT2D eigenvalue weighted by atomic mass is 28.2. The summed E-state index contributed by atoms with van der Waals surface area (Å²) in [6.45, 7) is 1.94. The fraction of sp³-hybridized carbons (Fsp3) is 0.333. The molecule has 0 aliphatic heterocycles. The first-order chi connectivity index (χ1) is 2.27. The van der Waals surface area contributed by atoms with E-state index in [0.29, 0.717) is 0 Å². The van der Waals surface area contributed by atoms with E-state index in [4.69, 9.17) is 0 Å². The molecule has 0 heterocycles. The summed E-state index contributed by atoms with van der Waals surface area (Å²) >= 11 is 0. The highest BCUT2D eigenvalue weighted by Gasteiger charge is 1.62. The lowest BCUT2D eigenvalue weighted by Crippen LogP contribution is -1.72. The Bertz CT molecular complexity index is 42.9. The van der Waals surface area contributed by atoms with Gasteiger partial charge in [-0.25, -0.2) is 0 Å². The Morgan fingerprint density at radius 1 is 1.60 bits per heavy atom. The maximum atomic E-state index is 3.19. The minimum absolute atomic E-state index is 0.991. The molecule has 5 heavy (non-hydrogen) atoms. The van der Waals surface area contributed by atoms with E-state index in [1.54, 1.807) is 0 Å². The van der Waals surface area contributed by atoms with Crippen LogP contribution in [0.1, 0.15) is 6.92 Å². The Hall–Kier alpha value is 0.174. The van der Waals surface area contributed by atoms with E-state index in [2.05, 4.69) is 20.5 Å². The summed E-state index contributed by atoms with van der Waals surface area (Å²) < 4.78 is 0. The molecule has 2 heteroatoms. The molecular formula is C3H4Si2. The summed E-state index contributed by atoms with van der Waals surface area (Å²) in [7, 11) is 6.38. The lowest BCUT2D eigenvalue weighted by molar-refractivity contribution is 1.76. The van der Waals surface area contributed by atoms with Gasteiger partial charge in [0.1, 0.15) is 0 Å². The van der Waals surface area contributed by atoms with E-state index < -0.39 is 0 Å². The van der Waals surface area contributed by atoms with Crippen molar-refractivity contribution in [2.45, 2.75) is 6.92 Å². The average molecular weight is 96.2 g/mol. The van der Waals surface area contributed by atoms with Crippen LogP contribution >= 0.6 is 0 Å². The van der Waals surface area contributed by atoms with Gasteiger partial charge in [-0.3, -0.25) is 0 Å². The molecule has 0 saturated heterocycles. The van der Waals surface area contributed by atoms with Crippen molar-refractivity contribution >= 4 is 20.5 Å². The van der Waals surface area contributed by atoms with E-state index in [1.807, 2.05) is 13.0 Å². The van der Waals surface area contributed by atoms with Gasteiger partial charge < -0.3 is 0 Å². The molecule has 0 N–H and O–H groups in total. The van der Waals surface area contributed by atoms with Crippen molar-refractivity contribution in [2.75, 3.05) is 0 Å². The summed E-state index contributed by atoms with van der Waals surface area (Å²) in [6.07, 6.45) is 1.91. The first-order valence-corrected chi connectivity index (χ1v) is 2.37. The third-order valence-electron chi connectivity index (χ3n) is 0.289. The molecule has 0 amide bonds. The zero-order chi connectivity index (χ0) is 4.28. The quantitative estimate of drug-likeness (QED) is 0.378. The molecule has 0 rings (SSSR count). The third kappa shape index (κ3) is 4.17. The van der Waals surface area contributed by atoms with Crippen LogP contribution in [-0.4, -0.2) is 20.5 Å². The topological polar surface area (TPSA) is 0 Å². The number of rotatable bonds is 0. The van der Waals surface area contributed by atoms with Gasteiger partial charge in [-0.15, -0.1) is 4.82 Å². The second-order valence-electron chi connectivity index (χ2n) is 0.702. The Kier molecular flexibility index (Phi) is 2.50. The summed E-state index contributed by atoms with van der Waals surface area (Å²) in [5.41, 5.74) is 0. The Balaban J connectivity index is 3.14. The molecular weight excluding hydrogens is 92.2 g/mol. The first kappa shape index (κ1) is 5.17. The van der Waals surface area contributed by atoms with Crippen molar-refractivity contribution in [1.29, 1.82) is 0 Å². The van der Waals surface area contributed by atoms with Gasteiger partial charge in [-0.1, -0.05) is 6.08 Å². The third-order valence-corrected chi connectivity index (χ3v) is 0.866. The van der Waals surface area contributed by atoms with E-state index in [9.17, 15) is 0 Å². The van der Waals surface area contributed by atoms with Crippen LogP contribution in [0.5, 0.6) is 0 Å². The van der Waals surface area contributed by atoms with E-state index in [1.165, 1.54) is 0 Å². The van der Waals surface area contributed by atoms with Crippen molar-refractivity contribution < 1.29 is 0 Å². The molecule has 0 saturated carbocycles. The van der Waals surface area contributed by atoms with Gasteiger partial charge >= 0.3 is 0 Å². The predicted octanol–water partition coefficient (Wildman–Crippen LogP) is 0.185. The van der Waals surface area contributed by atoms with Gasteiger partial charge in [0.15, 0.2) is 0 Å². The monoisotopic (exact) mass is 96.0 g/mol. The average Bonchev–Trinajstić information content (AvgIpc) is 1.38. The summed E-state index contributed by atoms with van der Waals surface area (Å²) in [4.78, 5) is 0.991. The van der Waals surface area contributed by atoms with Crippen molar-refractivity contribution in [1.82, 2.24) is 0 Å². The Morgan fingerprint density at radius 3 is 1.80 bits per heavy atom. The molecule has 0 bridgehead atoms. The SMILES string of the molecule is CC=C([Si])[Si]. The molecule has 24 valence electrons. The van der Waals surface area contributed by atoms with Gasteiger partial charge in [0, 0.05) is 0 Å². The molecule has 0 aromatic carbocycles. The molecule has 6 radical (unpaired) electrons. The van der Waals surface area contributed by atoms with E-state index >= 15 is 0 Å². The van der Waals surface area contributed by atoms with E-state index in [-0.39, 0.29) is 0 Å². The molecule has 0 aromatic heterocycles. The summed E-state index contributed by atoms with van der Waals surface area (Å²) in [5.74, 6) is 0. The van der Waals surface area contributed by atoms with Crippen LogP contribution in [0.2, 0.25) is 0 Å². The second-order valence-corrected chi connectivity index (χ2v) is 2.28. The lowest BCUT2D eigenvalue weighted by Gasteiger charge is -1.72. The fourth-order valence-corrected chi connectivity index (χ4v) is 0. The molecule has 0 spiro atoms. The largest absolute Gasteiger partial charge is 0.108 e. The van der Waals surface area contributed by atoms with Crippen LogP contribution in [-0.2, 0) is 0 Å². The summed E-state index contributed by atoms with van der Waals surface area (Å²) in [6, 6.07) is 0. The zero-order valence-corrected chi connectivity index (χ0v) is 5.08. The molecule has 0 atom stereocenters. The van der Waals surface area contributed by atoms with Crippen molar-refractivity contribution in [3.63, 3.8) is 0 Å². The van der Waals surface area contributed by atoms with Crippen molar-refractivity contribution in [3.05, 3.63) is 10.9 Å². The number of allylic oxidation sites excluding steroid dienone is 1. The smallest absolute Gasteiger partial charge is 0.0575 e. The molecule has 0 aliphatic rings. The lowest BCUT2D eigenvalue weighted by atomic mass is 10.8. The maximum Gasteiger partial charge on any atom is 0.0575 e. The minimum Gasteiger partial charge on any atom is -0.108 e. The summed E-state index contributed by atoms with van der Waals surface area (Å²) in [5, 5.41) is 0. The highest BCUT2D eigenvalue weighted by molar-refractivity contribution is 6.48. The van der Waals surface area contributed by atoms with Crippen molar-refractivity contribution in [3.8, 4) is 0 Å². The predicted molar refractivity (Wildman–Crippen MR) is 25.3 cm³/mol. The fourth-order valence-electron chi connectivity index (χ4n) is 0. The van der Waals surface area contributed by atoms with Crippen LogP contribution in [0.25, 0.3) is 0 Å². The van der Waals surface area contributed by atoms with Gasteiger partial charge in [0.2, 0.25) is 0 Å². The minimum atomic E-state index is 0.991. The number of hydrogen-bond acceptors (Lipinski definition) is 0. The van der Waals surface area contributed by atoms with Crippen LogP contribution in [0.3, 0.4) is 0 Å². The van der Waals surface area contributed by atoms with Gasteiger partial charge in [0.25, 0.3) is 0 Å². The van der Waals surface area contributed by atoms with Gasteiger partial charge in [-0.05, 0) is 6.92 Å². The highest BCUT2D eigenvalue weighted by Crippen LogP contribution is 1.69. The van der Waals surface area contributed by atoms with E-state index in [0.717, 1.165) is 4.82 Å². The Labute approximate surface area is 39.1 Å². The molecule has 0 aliphatic carbocycles. The number of hydrogen-bond donors (Lipinski definition) is 0. The zero-order valence-electron chi connectivity index (χ0n) is 3.08. The van der Waals surface area contributed by atoms with Crippen LogP contribution in [0.15, 0.2) is 10.9 Å². The molecule has 0 aromatic rings. The second kappa shape index (κ2) is 2.41. The maximum absolute atomic E-state index is 3.19. The molecule has 0 unspecified atom stereocenters. The Morgan fingerprint density at radius 2 is 1.80 bits per heavy atom. The van der Waals surface area contributed by atoms with Crippen LogP contribution in [0.4, 0.5) is 0 Å². The standard InChI is InChI=1S/C3H4Si2/c1-2-3(4)5/h2H,1H3. The molecule has 0 fully saturated rings. The van der Waals surface area contributed by atoms with Gasteiger partial charge in [0.05, 0.1) is 20.5 Å². The van der Waals surface area contributed by atoms with Crippen LogP contribution < -0.4 is 0 Å². The van der Waals surface area contributed by atoms with Crippen molar-refractivity contribution in [2.24, 2.45) is 0 Å². The first-order valence-electron chi connectivity index (χ1n) is 1.37. The normalized spacial score (nSPS) is 7.00. The van der Waals surface area contributed by atoms with Gasteiger partial charge in [-0.2, -0.15) is 0 Å². The van der Waals surface area contributed by atoms with Crippen LogP contribution in [0, 0.1) is 0 Å². The molecule has 0 nitrogen and oxygen atoms in total.